The number of nitrogens with one attached hydrogen (secondary N) is 2. The predicted molar refractivity (Wildman–Crippen MR) is 76.0 cm³/mol. The number of hydrogen-bond donors (Lipinski definition) is 2. The van der Waals surface area contributed by atoms with Crippen molar-refractivity contribution in [2.24, 2.45) is 0 Å². The number of halogens is 2. The Balaban J connectivity index is 0.00000180. The molecule has 0 radical (unpaired) electrons. The molecule has 1 amide bonds. The van der Waals surface area contributed by atoms with Crippen LogP contribution in [0.3, 0.4) is 0 Å². The minimum Gasteiger partial charge on any atom is -0.348 e. The fourth-order valence-corrected chi connectivity index (χ4v) is 2.24. The van der Waals surface area contributed by atoms with Gasteiger partial charge in [-0.25, -0.2) is 4.39 Å². The van der Waals surface area contributed by atoms with Crippen molar-refractivity contribution in [3.8, 4) is 0 Å². The second-order valence-electron chi connectivity index (χ2n) is 4.89. The van der Waals surface area contributed by atoms with Crippen LogP contribution in [0.1, 0.15) is 36.9 Å². The van der Waals surface area contributed by atoms with Gasteiger partial charge in [-0.1, -0.05) is 12.1 Å². The second-order valence-corrected chi connectivity index (χ2v) is 4.89. The SMILES string of the molecule is Cc1cc(C(C)NC(=O)C2CCCN2)ccc1F.Cl. The van der Waals surface area contributed by atoms with Crippen LogP contribution in [0.4, 0.5) is 4.39 Å². The van der Waals surface area contributed by atoms with Crippen LogP contribution < -0.4 is 10.6 Å². The molecule has 3 nitrogen and oxygen atoms in total. The summed E-state index contributed by atoms with van der Waals surface area (Å²) in [4.78, 5) is 11.9. The minimum absolute atomic E-state index is 0. The van der Waals surface area contributed by atoms with Crippen LogP contribution in [0, 0.1) is 12.7 Å². The van der Waals surface area contributed by atoms with Gasteiger partial charge in [0.1, 0.15) is 5.82 Å². The second kappa shape index (κ2) is 6.87. The van der Waals surface area contributed by atoms with Crippen LogP contribution >= 0.6 is 12.4 Å². The maximum absolute atomic E-state index is 13.2. The topological polar surface area (TPSA) is 41.1 Å². The molecule has 106 valence electrons. The van der Waals surface area contributed by atoms with Gasteiger partial charge in [0.05, 0.1) is 12.1 Å². The zero-order valence-corrected chi connectivity index (χ0v) is 12.0. The van der Waals surface area contributed by atoms with E-state index in [0.29, 0.717) is 5.56 Å². The van der Waals surface area contributed by atoms with E-state index in [9.17, 15) is 9.18 Å². The van der Waals surface area contributed by atoms with E-state index in [4.69, 9.17) is 0 Å². The average Bonchev–Trinajstić information content (AvgIpc) is 2.86. The molecule has 0 spiro atoms. The summed E-state index contributed by atoms with van der Waals surface area (Å²) in [6, 6.07) is 4.77. The van der Waals surface area contributed by atoms with Crippen LogP contribution in [0.15, 0.2) is 18.2 Å². The molecule has 1 aliphatic heterocycles. The fourth-order valence-electron chi connectivity index (χ4n) is 2.24. The van der Waals surface area contributed by atoms with Gasteiger partial charge < -0.3 is 10.6 Å². The van der Waals surface area contributed by atoms with E-state index in [1.54, 1.807) is 19.1 Å². The highest BCUT2D eigenvalue weighted by molar-refractivity contribution is 5.85. The van der Waals surface area contributed by atoms with Gasteiger partial charge in [0, 0.05) is 0 Å². The summed E-state index contributed by atoms with van der Waals surface area (Å²) in [6.07, 6.45) is 1.93. The molecular weight excluding hydrogens is 267 g/mol. The minimum atomic E-state index is -0.213. The molecule has 1 aromatic carbocycles. The van der Waals surface area contributed by atoms with Gasteiger partial charge in [0.25, 0.3) is 0 Å². The van der Waals surface area contributed by atoms with Crippen LogP contribution in [0.25, 0.3) is 0 Å². The molecule has 1 heterocycles. The van der Waals surface area contributed by atoms with E-state index in [0.717, 1.165) is 24.9 Å². The lowest BCUT2D eigenvalue weighted by molar-refractivity contribution is -0.123. The predicted octanol–water partition coefficient (Wildman–Crippen LogP) is 2.49. The normalized spacial score (nSPS) is 19.6. The molecule has 1 saturated heterocycles. The molecule has 0 bridgehead atoms. The first-order valence-electron chi connectivity index (χ1n) is 6.37. The lowest BCUT2D eigenvalue weighted by Crippen LogP contribution is -2.41. The Bertz CT molecular complexity index is 447. The monoisotopic (exact) mass is 286 g/mol. The van der Waals surface area contributed by atoms with Gasteiger partial charge in [0.2, 0.25) is 5.91 Å². The third kappa shape index (κ3) is 3.91. The van der Waals surface area contributed by atoms with Crippen molar-refractivity contribution in [2.45, 2.75) is 38.8 Å². The molecule has 19 heavy (non-hydrogen) atoms. The maximum atomic E-state index is 13.2. The number of hydrogen-bond acceptors (Lipinski definition) is 2. The van der Waals surface area contributed by atoms with Gasteiger partial charge in [-0.2, -0.15) is 0 Å². The molecule has 1 aromatic rings. The van der Waals surface area contributed by atoms with Crippen molar-refractivity contribution in [3.63, 3.8) is 0 Å². The largest absolute Gasteiger partial charge is 0.348 e. The summed E-state index contributed by atoms with van der Waals surface area (Å²) in [5.41, 5.74) is 1.54. The quantitative estimate of drug-likeness (QED) is 0.896. The van der Waals surface area contributed by atoms with Gasteiger partial charge in [-0.15, -0.1) is 12.4 Å². The van der Waals surface area contributed by atoms with Crippen LogP contribution in [0.5, 0.6) is 0 Å². The summed E-state index contributed by atoms with van der Waals surface area (Å²) in [6.45, 7) is 4.55. The Labute approximate surface area is 119 Å². The first kappa shape index (κ1) is 15.9. The first-order chi connectivity index (χ1) is 8.58. The third-order valence-electron chi connectivity index (χ3n) is 3.42. The van der Waals surface area contributed by atoms with E-state index in [2.05, 4.69) is 10.6 Å². The maximum Gasteiger partial charge on any atom is 0.237 e. The van der Waals surface area contributed by atoms with Gasteiger partial charge in [-0.3, -0.25) is 4.79 Å². The summed E-state index contributed by atoms with van der Waals surface area (Å²) in [7, 11) is 0. The molecule has 1 fully saturated rings. The molecule has 0 saturated carbocycles. The van der Waals surface area contributed by atoms with Gasteiger partial charge in [-0.05, 0) is 50.4 Å². The highest BCUT2D eigenvalue weighted by Gasteiger charge is 2.23. The summed E-state index contributed by atoms with van der Waals surface area (Å²) >= 11 is 0. The number of carbonyl (C=O) groups excluding carboxylic acids is 1. The fraction of sp³-hybridized carbons (Fsp3) is 0.500. The van der Waals surface area contributed by atoms with Crippen molar-refractivity contribution in [3.05, 3.63) is 35.1 Å². The van der Waals surface area contributed by atoms with E-state index in [1.807, 2.05) is 6.92 Å². The summed E-state index contributed by atoms with van der Waals surface area (Å²) in [5, 5.41) is 6.12. The Morgan fingerprint density at radius 2 is 2.26 bits per heavy atom. The summed E-state index contributed by atoms with van der Waals surface area (Å²) in [5.74, 6) is -0.184. The zero-order valence-electron chi connectivity index (χ0n) is 11.2. The average molecular weight is 287 g/mol. The van der Waals surface area contributed by atoms with Crippen LogP contribution in [-0.4, -0.2) is 18.5 Å². The van der Waals surface area contributed by atoms with Crippen molar-refractivity contribution in [2.75, 3.05) is 6.54 Å². The van der Waals surface area contributed by atoms with Gasteiger partial charge >= 0.3 is 0 Å². The van der Waals surface area contributed by atoms with E-state index in [-0.39, 0.29) is 36.2 Å². The molecule has 2 unspecified atom stereocenters. The summed E-state index contributed by atoms with van der Waals surface area (Å²) < 4.78 is 13.2. The Kier molecular flexibility index (Phi) is 5.76. The molecule has 0 aromatic heterocycles. The molecule has 5 heteroatoms. The number of benzene rings is 1. The van der Waals surface area contributed by atoms with E-state index < -0.39 is 0 Å². The number of rotatable bonds is 3. The molecular formula is C14H20ClFN2O. The van der Waals surface area contributed by atoms with Crippen LogP contribution in [0.2, 0.25) is 0 Å². The third-order valence-corrected chi connectivity index (χ3v) is 3.42. The standard InChI is InChI=1S/C14H19FN2O.ClH/c1-9-8-11(5-6-12(9)15)10(2)17-14(18)13-4-3-7-16-13;/h5-6,8,10,13,16H,3-4,7H2,1-2H3,(H,17,18);1H. The number of amides is 1. The lowest BCUT2D eigenvalue weighted by Gasteiger charge is -2.18. The number of aryl methyl sites for hydroxylation is 1. The lowest BCUT2D eigenvalue weighted by atomic mass is 10.0. The Morgan fingerprint density at radius 1 is 1.53 bits per heavy atom. The van der Waals surface area contributed by atoms with Crippen molar-refractivity contribution in [1.82, 2.24) is 10.6 Å². The molecule has 2 atom stereocenters. The van der Waals surface area contributed by atoms with E-state index in [1.165, 1.54) is 6.07 Å². The van der Waals surface area contributed by atoms with Crippen molar-refractivity contribution < 1.29 is 9.18 Å². The molecule has 2 rings (SSSR count). The molecule has 1 aliphatic rings. The smallest absolute Gasteiger partial charge is 0.237 e. The molecule has 2 N–H and O–H groups in total. The first-order valence-corrected chi connectivity index (χ1v) is 6.37. The van der Waals surface area contributed by atoms with E-state index >= 15 is 0 Å². The highest BCUT2D eigenvalue weighted by Crippen LogP contribution is 2.17. The Hall–Kier alpha value is -1.13. The Morgan fingerprint density at radius 3 is 2.84 bits per heavy atom. The highest BCUT2D eigenvalue weighted by atomic mass is 35.5. The van der Waals surface area contributed by atoms with Gasteiger partial charge in [0.15, 0.2) is 0 Å². The van der Waals surface area contributed by atoms with Crippen molar-refractivity contribution >= 4 is 18.3 Å². The zero-order chi connectivity index (χ0) is 13.1. The van der Waals surface area contributed by atoms with Crippen molar-refractivity contribution in [1.29, 1.82) is 0 Å². The molecule has 0 aliphatic carbocycles. The van der Waals surface area contributed by atoms with Crippen LogP contribution in [-0.2, 0) is 4.79 Å². The number of carbonyl (C=O) groups is 1.